The second kappa shape index (κ2) is 8.11. The first-order chi connectivity index (χ1) is 7.65. The lowest BCUT2D eigenvalue weighted by Crippen LogP contribution is -2.22. The van der Waals surface area contributed by atoms with Crippen molar-refractivity contribution in [2.45, 2.75) is 33.6 Å². The Labute approximate surface area is 99.1 Å². The largest absolute Gasteiger partial charge is 0.395 e. The molecule has 0 saturated carbocycles. The molecular formula is C13H24N2O. The Morgan fingerprint density at radius 2 is 1.94 bits per heavy atom. The van der Waals surface area contributed by atoms with Crippen molar-refractivity contribution < 1.29 is 5.11 Å². The lowest BCUT2D eigenvalue weighted by molar-refractivity contribution is 0.304. The number of nitrogens with zero attached hydrogens (tertiary/aromatic N) is 2. The minimum Gasteiger partial charge on any atom is -0.395 e. The summed E-state index contributed by atoms with van der Waals surface area (Å²) in [7, 11) is 1.92. The molecule has 0 radical (unpaired) electrons. The molecule has 0 aliphatic heterocycles. The molecule has 1 rings (SSSR count). The minimum atomic E-state index is 0.157. The first kappa shape index (κ1) is 14.9. The van der Waals surface area contributed by atoms with E-state index < -0.39 is 0 Å². The molecule has 0 aromatic carbocycles. The number of likely N-dealkylation sites (N-methyl/N-ethyl adjacent to an activating group) is 1. The summed E-state index contributed by atoms with van der Waals surface area (Å²) in [6.07, 6.45) is 1.90. The van der Waals surface area contributed by atoms with E-state index in [4.69, 9.17) is 5.11 Å². The Morgan fingerprint density at radius 3 is 2.31 bits per heavy atom. The first-order valence-electron chi connectivity index (χ1n) is 5.93. The van der Waals surface area contributed by atoms with E-state index in [0.717, 1.165) is 5.82 Å². The third-order valence-electron chi connectivity index (χ3n) is 2.26. The second-order valence-corrected chi connectivity index (χ2v) is 3.75. The standard InChI is InChI=1S/C11H18N2O.C2H6/c1-9(2)10-4-5-11(12-8-10)13(3)6-7-14;1-2/h4-5,8-9,14H,6-7H2,1-3H3;1-2H3. The number of rotatable bonds is 4. The highest BCUT2D eigenvalue weighted by atomic mass is 16.3. The minimum absolute atomic E-state index is 0.157. The van der Waals surface area contributed by atoms with Crippen molar-refractivity contribution in [3.05, 3.63) is 23.9 Å². The molecule has 0 unspecified atom stereocenters. The number of aliphatic hydroxyl groups is 1. The van der Waals surface area contributed by atoms with Gasteiger partial charge in [0.25, 0.3) is 0 Å². The van der Waals surface area contributed by atoms with Gasteiger partial charge in [0.15, 0.2) is 0 Å². The number of aliphatic hydroxyl groups excluding tert-OH is 1. The van der Waals surface area contributed by atoms with Gasteiger partial charge in [-0.1, -0.05) is 33.8 Å². The number of hydrogen-bond donors (Lipinski definition) is 1. The lowest BCUT2D eigenvalue weighted by atomic mass is 10.1. The number of aromatic nitrogens is 1. The highest BCUT2D eigenvalue weighted by Crippen LogP contribution is 2.15. The summed E-state index contributed by atoms with van der Waals surface area (Å²) < 4.78 is 0. The number of anilines is 1. The lowest BCUT2D eigenvalue weighted by Gasteiger charge is -2.17. The van der Waals surface area contributed by atoms with Crippen LogP contribution in [0.25, 0.3) is 0 Å². The zero-order chi connectivity index (χ0) is 12.6. The Hall–Kier alpha value is -1.09. The third-order valence-corrected chi connectivity index (χ3v) is 2.26. The van der Waals surface area contributed by atoms with Crippen LogP contribution in [0.1, 0.15) is 39.2 Å². The molecule has 1 heterocycles. The van der Waals surface area contributed by atoms with Gasteiger partial charge in [-0.3, -0.25) is 0 Å². The monoisotopic (exact) mass is 224 g/mol. The molecule has 1 aromatic rings. The molecule has 3 nitrogen and oxygen atoms in total. The highest BCUT2D eigenvalue weighted by molar-refractivity contribution is 5.38. The van der Waals surface area contributed by atoms with Crippen LogP contribution >= 0.6 is 0 Å². The zero-order valence-corrected chi connectivity index (χ0v) is 11.1. The Balaban J connectivity index is 0.00000106. The van der Waals surface area contributed by atoms with E-state index in [-0.39, 0.29) is 6.61 Å². The van der Waals surface area contributed by atoms with Crippen molar-refractivity contribution in [3.63, 3.8) is 0 Å². The summed E-state index contributed by atoms with van der Waals surface area (Å²) in [5.41, 5.74) is 1.24. The van der Waals surface area contributed by atoms with Crippen LogP contribution in [-0.4, -0.2) is 30.3 Å². The summed E-state index contributed by atoms with van der Waals surface area (Å²) in [4.78, 5) is 6.27. The average Bonchev–Trinajstić information content (AvgIpc) is 2.32. The molecule has 92 valence electrons. The van der Waals surface area contributed by atoms with Crippen molar-refractivity contribution in [2.75, 3.05) is 25.1 Å². The van der Waals surface area contributed by atoms with E-state index in [1.807, 2.05) is 38.1 Å². The summed E-state index contributed by atoms with van der Waals surface area (Å²) in [5.74, 6) is 1.42. The number of pyridine rings is 1. The van der Waals surface area contributed by atoms with Crippen molar-refractivity contribution >= 4 is 5.82 Å². The fourth-order valence-corrected chi connectivity index (χ4v) is 1.23. The van der Waals surface area contributed by atoms with Gasteiger partial charge in [-0.15, -0.1) is 0 Å². The fraction of sp³-hybridized carbons (Fsp3) is 0.615. The molecule has 0 saturated heterocycles. The molecule has 0 atom stereocenters. The normalized spacial score (nSPS) is 9.69. The summed E-state index contributed by atoms with van der Waals surface area (Å²) in [6.45, 7) is 9.07. The van der Waals surface area contributed by atoms with Crippen LogP contribution in [-0.2, 0) is 0 Å². The van der Waals surface area contributed by atoms with Crippen LogP contribution in [0.15, 0.2) is 18.3 Å². The molecule has 0 spiro atoms. The highest BCUT2D eigenvalue weighted by Gasteiger charge is 2.03. The third kappa shape index (κ3) is 4.62. The maximum absolute atomic E-state index is 8.77. The van der Waals surface area contributed by atoms with Gasteiger partial charge < -0.3 is 10.0 Å². The second-order valence-electron chi connectivity index (χ2n) is 3.75. The maximum atomic E-state index is 8.77. The fourth-order valence-electron chi connectivity index (χ4n) is 1.23. The van der Waals surface area contributed by atoms with Crippen LogP contribution in [0.3, 0.4) is 0 Å². The SMILES string of the molecule is CC.CC(C)c1ccc(N(C)CCO)nc1. The molecule has 3 heteroatoms. The van der Waals surface area contributed by atoms with Gasteiger partial charge in [-0.05, 0) is 17.5 Å². The van der Waals surface area contributed by atoms with Crippen molar-refractivity contribution in [1.82, 2.24) is 4.98 Å². The van der Waals surface area contributed by atoms with E-state index >= 15 is 0 Å². The predicted molar refractivity (Wildman–Crippen MR) is 70.0 cm³/mol. The first-order valence-corrected chi connectivity index (χ1v) is 5.93. The van der Waals surface area contributed by atoms with Gasteiger partial charge in [0.05, 0.1) is 6.61 Å². The van der Waals surface area contributed by atoms with Crippen molar-refractivity contribution in [3.8, 4) is 0 Å². The average molecular weight is 224 g/mol. The zero-order valence-electron chi connectivity index (χ0n) is 11.1. The molecule has 1 N–H and O–H groups in total. The van der Waals surface area contributed by atoms with Gasteiger partial charge in [-0.2, -0.15) is 0 Å². The van der Waals surface area contributed by atoms with Crippen LogP contribution in [0.5, 0.6) is 0 Å². The quantitative estimate of drug-likeness (QED) is 0.854. The molecule has 16 heavy (non-hydrogen) atoms. The van der Waals surface area contributed by atoms with Crippen molar-refractivity contribution in [2.24, 2.45) is 0 Å². The van der Waals surface area contributed by atoms with E-state index in [1.54, 1.807) is 0 Å². The molecule has 0 aliphatic rings. The molecule has 1 aromatic heterocycles. The molecular weight excluding hydrogens is 200 g/mol. The van der Waals surface area contributed by atoms with E-state index in [0.29, 0.717) is 12.5 Å². The van der Waals surface area contributed by atoms with Crippen molar-refractivity contribution in [1.29, 1.82) is 0 Å². The van der Waals surface area contributed by atoms with Crippen LogP contribution < -0.4 is 4.90 Å². The maximum Gasteiger partial charge on any atom is 0.128 e. The molecule has 0 fully saturated rings. The topological polar surface area (TPSA) is 36.4 Å². The Kier molecular flexibility index (Phi) is 7.56. The van der Waals surface area contributed by atoms with Crippen LogP contribution in [0.2, 0.25) is 0 Å². The van der Waals surface area contributed by atoms with Gasteiger partial charge in [-0.25, -0.2) is 4.98 Å². The van der Waals surface area contributed by atoms with E-state index in [2.05, 4.69) is 24.9 Å². The smallest absolute Gasteiger partial charge is 0.128 e. The Bertz CT molecular complexity index is 270. The van der Waals surface area contributed by atoms with E-state index in [9.17, 15) is 0 Å². The summed E-state index contributed by atoms with van der Waals surface area (Å²) in [5, 5.41) is 8.77. The van der Waals surface area contributed by atoms with E-state index in [1.165, 1.54) is 5.56 Å². The van der Waals surface area contributed by atoms with Gasteiger partial charge in [0, 0.05) is 19.8 Å². The molecule has 0 aliphatic carbocycles. The van der Waals surface area contributed by atoms with Crippen LogP contribution in [0, 0.1) is 0 Å². The van der Waals surface area contributed by atoms with Gasteiger partial charge >= 0.3 is 0 Å². The van der Waals surface area contributed by atoms with Crippen LogP contribution in [0.4, 0.5) is 5.82 Å². The summed E-state index contributed by atoms with van der Waals surface area (Å²) in [6, 6.07) is 4.08. The molecule has 0 amide bonds. The number of hydrogen-bond acceptors (Lipinski definition) is 3. The Morgan fingerprint density at radius 1 is 1.31 bits per heavy atom. The summed E-state index contributed by atoms with van der Waals surface area (Å²) >= 11 is 0. The van der Waals surface area contributed by atoms with Gasteiger partial charge in [0.1, 0.15) is 5.82 Å². The molecule has 0 bridgehead atoms. The van der Waals surface area contributed by atoms with Gasteiger partial charge in [0.2, 0.25) is 0 Å². The predicted octanol–water partition coefficient (Wildman–Crippen LogP) is 2.66.